The highest BCUT2D eigenvalue weighted by atomic mass is 32.2. The Labute approximate surface area is 132 Å². The molecule has 1 saturated carbocycles. The SMILES string of the molecule is COCC1CC2OCCN(S(=O)(=O)c3cccc(C)c3)C2C1. The number of hydrogen-bond acceptors (Lipinski definition) is 4. The fourth-order valence-electron chi connectivity index (χ4n) is 3.60. The molecular formula is C16H23NO4S. The van der Waals surface area contributed by atoms with E-state index in [9.17, 15) is 8.42 Å². The van der Waals surface area contributed by atoms with Crippen LogP contribution in [0.4, 0.5) is 0 Å². The molecule has 3 unspecified atom stereocenters. The smallest absolute Gasteiger partial charge is 0.243 e. The zero-order valence-electron chi connectivity index (χ0n) is 13.1. The largest absolute Gasteiger partial charge is 0.384 e. The second kappa shape index (κ2) is 6.28. The molecule has 2 aliphatic rings. The Morgan fingerprint density at radius 1 is 1.36 bits per heavy atom. The van der Waals surface area contributed by atoms with Gasteiger partial charge in [-0.05, 0) is 43.4 Å². The summed E-state index contributed by atoms with van der Waals surface area (Å²) >= 11 is 0. The first-order valence-electron chi connectivity index (χ1n) is 7.71. The van der Waals surface area contributed by atoms with E-state index >= 15 is 0 Å². The Bertz CT molecular complexity index is 631. The molecule has 3 rings (SSSR count). The molecule has 1 aromatic rings. The molecule has 6 heteroatoms. The maximum Gasteiger partial charge on any atom is 0.243 e. The van der Waals surface area contributed by atoms with E-state index < -0.39 is 10.0 Å². The molecule has 22 heavy (non-hydrogen) atoms. The van der Waals surface area contributed by atoms with E-state index in [4.69, 9.17) is 9.47 Å². The van der Waals surface area contributed by atoms with Crippen molar-refractivity contribution in [3.05, 3.63) is 29.8 Å². The number of hydrogen-bond donors (Lipinski definition) is 0. The van der Waals surface area contributed by atoms with Crippen LogP contribution in [0.3, 0.4) is 0 Å². The zero-order chi connectivity index (χ0) is 15.7. The first-order valence-corrected chi connectivity index (χ1v) is 9.15. The minimum absolute atomic E-state index is 0.00603. The van der Waals surface area contributed by atoms with Crippen molar-refractivity contribution in [1.82, 2.24) is 4.31 Å². The molecule has 1 aromatic carbocycles. The third-order valence-corrected chi connectivity index (χ3v) is 6.50. The van der Waals surface area contributed by atoms with Gasteiger partial charge < -0.3 is 9.47 Å². The van der Waals surface area contributed by atoms with Gasteiger partial charge in [0.15, 0.2) is 0 Å². The summed E-state index contributed by atoms with van der Waals surface area (Å²) in [6, 6.07) is 7.04. The molecule has 2 fully saturated rings. The van der Waals surface area contributed by atoms with E-state index in [0.29, 0.717) is 30.6 Å². The molecule has 1 saturated heterocycles. The molecule has 3 atom stereocenters. The third kappa shape index (κ3) is 2.93. The number of benzene rings is 1. The van der Waals surface area contributed by atoms with Gasteiger partial charge in [0.25, 0.3) is 0 Å². The average molecular weight is 325 g/mol. The van der Waals surface area contributed by atoms with Crippen molar-refractivity contribution in [2.24, 2.45) is 5.92 Å². The van der Waals surface area contributed by atoms with Gasteiger partial charge >= 0.3 is 0 Å². The van der Waals surface area contributed by atoms with Crippen molar-refractivity contribution >= 4 is 10.0 Å². The van der Waals surface area contributed by atoms with Crippen LogP contribution in [0.1, 0.15) is 18.4 Å². The van der Waals surface area contributed by atoms with Crippen LogP contribution >= 0.6 is 0 Å². The Kier molecular flexibility index (Phi) is 4.54. The molecule has 0 aromatic heterocycles. The maximum atomic E-state index is 13.0. The van der Waals surface area contributed by atoms with Crippen LogP contribution in [-0.4, -0.2) is 51.7 Å². The monoisotopic (exact) mass is 325 g/mol. The zero-order valence-corrected chi connectivity index (χ0v) is 13.9. The Morgan fingerprint density at radius 2 is 2.18 bits per heavy atom. The van der Waals surface area contributed by atoms with E-state index in [2.05, 4.69) is 0 Å². The highest BCUT2D eigenvalue weighted by molar-refractivity contribution is 7.89. The highest BCUT2D eigenvalue weighted by Gasteiger charge is 2.45. The van der Waals surface area contributed by atoms with Crippen molar-refractivity contribution in [3.8, 4) is 0 Å². The standard InChI is InChI=1S/C16H23NO4S/c1-12-4-3-5-14(8-12)22(18,19)17-6-7-21-16-10-13(11-20-2)9-15(16)17/h3-5,8,13,15-16H,6-7,9-11H2,1-2H3. The fourth-order valence-corrected chi connectivity index (χ4v) is 5.35. The Balaban J connectivity index is 1.87. The summed E-state index contributed by atoms with van der Waals surface area (Å²) in [5.74, 6) is 0.369. The molecule has 0 N–H and O–H groups in total. The first-order chi connectivity index (χ1) is 10.5. The number of nitrogens with zero attached hydrogens (tertiary/aromatic N) is 1. The van der Waals surface area contributed by atoms with Crippen LogP contribution in [0, 0.1) is 12.8 Å². The minimum Gasteiger partial charge on any atom is -0.384 e. The Morgan fingerprint density at radius 3 is 2.91 bits per heavy atom. The number of ether oxygens (including phenoxy) is 2. The molecule has 5 nitrogen and oxygen atoms in total. The number of fused-ring (bicyclic) bond motifs is 1. The number of morpholine rings is 1. The van der Waals surface area contributed by atoms with E-state index in [-0.39, 0.29) is 12.1 Å². The van der Waals surface area contributed by atoms with E-state index in [1.165, 1.54) is 0 Å². The molecule has 0 spiro atoms. The van der Waals surface area contributed by atoms with E-state index in [0.717, 1.165) is 18.4 Å². The summed E-state index contributed by atoms with van der Waals surface area (Å²) in [5, 5.41) is 0. The minimum atomic E-state index is -3.46. The van der Waals surface area contributed by atoms with Gasteiger partial charge in [0, 0.05) is 20.3 Å². The fraction of sp³-hybridized carbons (Fsp3) is 0.625. The van der Waals surface area contributed by atoms with Crippen molar-refractivity contribution in [3.63, 3.8) is 0 Å². The van der Waals surface area contributed by atoms with Gasteiger partial charge in [-0.2, -0.15) is 4.31 Å². The van der Waals surface area contributed by atoms with E-state index in [1.54, 1.807) is 29.6 Å². The first kappa shape index (κ1) is 15.9. The van der Waals surface area contributed by atoms with Crippen molar-refractivity contribution in [2.75, 3.05) is 26.9 Å². The van der Waals surface area contributed by atoms with Gasteiger partial charge in [-0.1, -0.05) is 12.1 Å². The summed E-state index contributed by atoms with van der Waals surface area (Å²) in [7, 11) is -1.78. The summed E-state index contributed by atoms with van der Waals surface area (Å²) in [6.07, 6.45) is 1.68. The number of sulfonamides is 1. The molecule has 1 aliphatic carbocycles. The van der Waals surface area contributed by atoms with Gasteiger partial charge in [0.2, 0.25) is 10.0 Å². The summed E-state index contributed by atoms with van der Waals surface area (Å²) in [6.45, 7) is 3.46. The molecule has 1 aliphatic heterocycles. The lowest BCUT2D eigenvalue weighted by Crippen LogP contribution is -2.51. The quantitative estimate of drug-likeness (QED) is 0.847. The lowest BCUT2D eigenvalue weighted by atomic mass is 10.1. The van der Waals surface area contributed by atoms with Crippen LogP contribution in [0.25, 0.3) is 0 Å². The van der Waals surface area contributed by atoms with Crippen molar-refractivity contribution < 1.29 is 17.9 Å². The number of methoxy groups -OCH3 is 1. The summed E-state index contributed by atoms with van der Waals surface area (Å²) < 4.78 is 38.6. The lowest BCUT2D eigenvalue weighted by molar-refractivity contribution is -0.0250. The van der Waals surface area contributed by atoms with Crippen molar-refractivity contribution in [1.29, 1.82) is 0 Å². The number of aryl methyl sites for hydroxylation is 1. The second-order valence-corrected chi connectivity index (χ2v) is 8.09. The number of rotatable bonds is 4. The van der Waals surface area contributed by atoms with Crippen LogP contribution < -0.4 is 0 Å². The lowest BCUT2D eigenvalue weighted by Gasteiger charge is -2.36. The Hall–Kier alpha value is -0.950. The van der Waals surface area contributed by atoms with Gasteiger partial charge in [-0.25, -0.2) is 8.42 Å². The topological polar surface area (TPSA) is 55.8 Å². The van der Waals surface area contributed by atoms with Crippen LogP contribution in [-0.2, 0) is 19.5 Å². The van der Waals surface area contributed by atoms with Gasteiger partial charge in [0.05, 0.1) is 23.6 Å². The van der Waals surface area contributed by atoms with Crippen LogP contribution in [0.2, 0.25) is 0 Å². The van der Waals surface area contributed by atoms with Gasteiger partial charge in [0.1, 0.15) is 0 Å². The maximum absolute atomic E-state index is 13.0. The molecule has 0 bridgehead atoms. The summed E-state index contributed by atoms with van der Waals surface area (Å²) in [5.41, 5.74) is 0.953. The molecule has 1 heterocycles. The van der Waals surface area contributed by atoms with E-state index in [1.807, 2.05) is 13.0 Å². The molecule has 0 radical (unpaired) electrons. The molecule has 0 amide bonds. The predicted molar refractivity (Wildman–Crippen MR) is 83.2 cm³/mol. The molecular weight excluding hydrogens is 302 g/mol. The molecule has 122 valence electrons. The third-order valence-electron chi connectivity index (χ3n) is 4.58. The highest BCUT2D eigenvalue weighted by Crippen LogP contribution is 2.37. The van der Waals surface area contributed by atoms with Crippen LogP contribution in [0.15, 0.2) is 29.2 Å². The average Bonchev–Trinajstić information content (AvgIpc) is 2.89. The van der Waals surface area contributed by atoms with Crippen molar-refractivity contribution in [2.45, 2.75) is 36.8 Å². The second-order valence-electron chi connectivity index (χ2n) is 6.20. The predicted octanol–water partition coefficient (Wildman–Crippen LogP) is 1.81. The van der Waals surface area contributed by atoms with Gasteiger partial charge in [-0.3, -0.25) is 0 Å². The van der Waals surface area contributed by atoms with Crippen LogP contribution in [0.5, 0.6) is 0 Å². The van der Waals surface area contributed by atoms with Gasteiger partial charge in [-0.15, -0.1) is 0 Å². The normalized spacial score (nSPS) is 29.5. The summed E-state index contributed by atoms with van der Waals surface area (Å²) in [4.78, 5) is 0.378.